The van der Waals surface area contributed by atoms with E-state index >= 15 is 0 Å². The van der Waals surface area contributed by atoms with E-state index in [1.807, 2.05) is 0 Å². The van der Waals surface area contributed by atoms with Crippen LogP contribution in [0.2, 0.25) is 5.02 Å². The largest absolute Gasteiger partial charge is 0.479 e. The van der Waals surface area contributed by atoms with Crippen molar-refractivity contribution in [3.8, 4) is 0 Å². The third-order valence-electron chi connectivity index (χ3n) is 2.02. The lowest BCUT2D eigenvalue weighted by Crippen LogP contribution is -2.26. The van der Waals surface area contributed by atoms with Crippen molar-refractivity contribution in [1.29, 1.82) is 0 Å². The molecule has 0 bridgehead atoms. The Morgan fingerprint density at radius 1 is 1.56 bits per heavy atom. The highest BCUT2D eigenvalue weighted by molar-refractivity contribution is 6.31. The Balaban J connectivity index is 2.49. The summed E-state index contributed by atoms with van der Waals surface area (Å²) in [5.74, 6) is -2.30. The molecule has 0 fully saturated rings. The molecular weight excluding hydrogens is 265 g/mol. The molecule has 1 atom stereocenters. The molecule has 98 valence electrons. The quantitative estimate of drug-likeness (QED) is 0.861. The summed E-state index contributed by atoms with van der Waals surface area (Å²) in [7, 11) is 0. The fraction of sp³-hybridized carbons (Fsp3) is 0.273. The molecule has 0 saturated carbocycles. The van der Waals surface area contributed by atoms with Crippen LogP contribution in [-0.4, -0.2) is 29.7 Å². The van der Waals surface area contributed by atoms with Crippen LogP contribution in [0.3, 0.4) is 0 Å². The molecule has 0 aliphatic rings. The summed E-state index contributed by atoms with van der Waals surface area (Å²) >= 11 is 5.53. The summed E-state index contributed by atoms with van der Waals surface area (Å²) in [5.41, 5.74) is 0.304. The standard InChI is InChI=1S/C11H11ClFNO4/c1-6(11(16)17)18-5-10(15)14-7-2-3-9(13)8(12)4-7/h2-4,6H,5H2,1H3,(H,14,15)(H,16,17)/t6-/m0/s1. The number of rotatable bonds is 5. The summed E-state index contributed by atoms with van der Waals surface area (Å²) in [6.07, 6.45) is -1.08. The monoisotopic (exact) mass is 275 g/mol. The molecule has 1 aromatic carbocycles. The van der Waals surface area contributed by atoms with Crippen LogP contribution in [0.5, 0.6) is 0 Å². The maximum Gasteiger partial charge on any atom is 0.332 e. The van der Waals surface area contributed by atoms with Crippen LogP contribution in [0.25, 0.3) is 0 Å². The first-order valence-electron chi connectivity index (χ1n) is 4.99. The fourth-order valence-electron chi connectivity index (χ4n) is 1.04. The van der Waals surface area contributed by atoms with Crippen LogP contribution in [-0.2, 0) is 14.3 Å². The summed E-state index contributed by atoms with van der Waals surface area (Å²) in [6, 6.07) is 3.69. The Morgan fingerprint density at radius 2 is 2.22 bits per heavy atom. The first kappa shape index (κ1) is 14.4. The number of carboxylic acid groups (broad SMARTS) is 1. The Kier molecular flexibility index (Phi) is 5.06. The summed E-state index contributed by atoms with van der Waals surface area (Å²) < 4.78 is 17.6. The molecule has 0 spiro atoms. The molecule has 0 aromatic heterocycles. The van der Waals surface area contributed by atoms with E-state index in [1.165, 1.54) is 19.1 Å². The SMILES string of the molecule is C[C@H](OCC(=O)Nc1ccc(F)c(Cl)c1)C(=O)O. The van der Waals surface area contributed by atoms with Gasteiger partial charge in [0.15, 0.2) is 6.10 Å². The molecule has 7 heteroatoms. The van der Waals surface area contributed by atoms with Crippen LogP contribution < -0.4 is 5.32 Å². The zero-order chi connectivity index (χ0) is 13.7. The number of ether oxygens (including phenoxy) is 1. The lowest BCUT2D eigenvalue weighted by atomic mass is 10.3. The minimum Gasteiger partial charge on any atom is -0.479 e. The highest BCUT2D eigenvalue weighted by atomic mass is 35.5. The van der Waals surface area contributed by atoms with Gasteiger partial charge in [-0.05, 0) is 25.1 Å². The third-order valence-corrected chi connectivity index (χ3v) is 2.31. The van der Waals surface area contributed by atoms with E-state index in [2.05, 4.69) is 5.32 Å². The summed E-state index contributed by atoms with van der Waals surface area (Å²) in [5, 5.41) is 10.8. The highest BCUT2D eigenvalue weighted by Crippen LogP contribution is 2.19. The van der Waals surface area contributed by atoms with E-state index in [-0.39, 0.29) is 5.02 Å². The third kappa shape index (κ3) is 4.31. The van der Waals surface area contributed by atoms with E-state index in [0.29, 0.717) is 5.69 Å². The molecule has 5 nitrogen and oxygen atoms in total. The van der Waals surface area contributed by atoms with Gasteiger partial charge in [-0.15, -0.1) is 0 Å². The van der Waals surface area contributed by atoms with Gasteiger partial charge < -0.3 is 15.2 Å². The van der Waals surface area contributed by atoms with Crippen molar-refractivity contribution in [3.63, 3.8) is 0 Å². The van der Waals surface area contributed by atoms with E-state index in [0.717, 1.165) is 6.07 Å². The van der Waals surface area contributed by atoms with Gasteiger partial charge in [-0.1, -0.05) is 11.6 Å². The number of hydrogen-bond acceptors (Lipinski definition) is 3. The smallest absolute Gasteiger partial charge is 0.332 e. The molecule has 1 rings (SSSR count). The predicted octanol–water partition coefficient (Wildman–Crippen LogP) is 1.91. The second-order valence-corrected chi connectivity index (χ2v) is 3.88. The number of aliphatic carboxylic acids is 1. The second-order valence-electron chi connectivity index (χ2n) is 3.47. The molecule has 0 heterocycles. The number of carbonyl (C=O) groups excluding carboxylic acids is 1. The molecular formula is C11H11ClFNO4. The Morgan fingerprint density at radius 3 is 2.78 bits per heavy atom. The molecule has 0 aliphatic heterocycles. The molecule has 0 saturated heterocycles. The van der Waals surface area contributed by atoms with Crippen LogP contribution in [0.15, 0.2) is 18.2 Å². The molecule has 1 amide bonds. The first-order valence-corrected chi connectivity index (χ1v) is 5.37. The van der Waals surface area contributed by atoms with E-state index in [9.17, 15) is 14.0 Å². The highest BCUT2D eigenvalue weighted by Gasteiger charge is 2.13. The number of carbonyl (C=O) groups is 2. The minimum atomic E-state index is -1.16. The zero-order valence-corrected chi connectivity index (χ0v) is 10.2. The van der Waals surface area contributed by atoms with Crippen molar-refractivity contribution in [2.24, 2.45) is 0 Å². The molecule has 0 unspecified atom stereocenters. The maximum absolute atomic E-state index is 12.8. The van der Waals surface area contributed by atoms with Crippen LogP contribution in [0.4, 0.5) is 10.1 Å². The van der Waals surface area contributed by atoms with Crippen LogP contribution >= 0.6 is 11.6 Å². The van der Waals surface area contributed by atoms with Crippen LogP contribution in [0.1, 0.15) is 6.92 Å². The number of amides is 1. The van der Waals surface area contributed by atoms with Crippen LogP contribution in [0, 0.1) is 5.82 Å². The van der Waals surface area contributed by atoms with E-state index < -0.39 is 30.4 Å². The van der Waals surface area contributed by atoms with Crippen molar-refractivity contribution < 1.29 is 23.8 Å². The van der Waals surface area contributed by atoms with Crippen molar-refractivity contribution in [2.45, 2.75) is 13.0 Å². The van der Waals surface area contributed by atoms with Gasteiger partial charge in [-0.25, -0.2) is 9.18 Å². The number of halogens is 2. The number of benzene rings is 1. The average Bonchev–Trinajstić information content (AvgIpc) is 2.30. The van der Waals surface area contributed by atoms with Gasteiger partial charge >= 0.3 is 5.97 Å². The minimum absolute atomic E-state index is 0.118. The maximum atomic E-state index is 12.8. The topological polar surface area (TPSA) is 75.6 Å². The summed E-state index contributed by atoms with van der Waals surface area (Å²) in [6.45, 7) is 0.896. The first-order chi connectivity index (χ1) is 8.40. The fourth-order valence-corrected chi connectivity index (χ4v) is 1.22. The van der Waals surface area contributed by atoms with E-state index in [4.69, 9.17) is 21.4 Å². The molecule has 0 aliphatic carbocycles. The zero-order valence-electron chi connectivity index (χ0n) is 9.44. The van der Waals surface area contributed by atoms with Gasteiger partial charge in [0.05, 0.1) is 5.02 Å². The second kappa shape index (κ2) is 6.32. The molecule has 2 N–H and O–H groups in total. The van der Waals surface area contributed by atoms with Gasteiger partial charge in [-0.3, -0.25) is 4.79 Å². The number of hydrogen-bond donors (Lipinski definition) is 2. The lowest BCUT2D eigenvalue weighted by molar-refractivity contribution is -0.150. The van der Waals surface area contributed by atoms with Crippen molar-refractivity contribution in [3.05, 3.63) is 29.0 Å². The lowest BCUT2D eigenvalue weighted by Gasteiger charge is -2.09. The normalized spacial score (nSPS) is 11.9. The van der Waals surface area contributed by atoms with Gasteiger partial charge in [0.1, 0.15) is 12.4 Å². The van der Waals surface area contributed by atoms with E-state index in [1.54, 1.807) is 0 Å². The Labute approximate surface area is 108 Å². The average molecular weight is 276 g/mol. The number of nitrogens with one attached hydrogen (secondary N) is 1. The number of anilines is 1. The predicted molar refractivity (Wildman–Crippen MR) is 63.1 cm³/mol. The van der Waals surface area contributed by atoms with Gasteiger partial charge in [0.25, 0.3) is 0 Å². The van der Waals surface area contributed by atoms with Gasteiger partial charge in [0, 0.05) is 5.69 Å². The van der Waals surface area contributed by atoms with Crippen molar-refractivity contribution in [2.75, 3.05) is 11.9 Å². The molecule has 0 radical (unpaired) electrons. The number of carboxylic acids is 1. The Hall–Kier alpha value is -1.66. The molecule has 18 heavy (non-hydrogen) atoms. The summed E-state index contributed by atoms with van der Waals surface area (Å²) in [4.78, 5) is 21.8. The van der Waals surface area contributed by atoms with Gasteiger partial charge in [0.2, 0.25) is 5.91 Å². The Bertz CT molecular complexity index is 466. The van der Waals surface area contributed by atoms with Crippen molar-refractivity contribution in [1.82, 2.24) is 0 Å². The molecule has 1 aromatic rings. The van der Waals surface area contributed by atoms with Crippen molar-refractivity contribution >= 4 is 29.2 Å². The van der Waals surface area contributed by atoms with Gasteiger partial charge in [-0.2, -0.15) is 0 Å².